The molecule has 0 amide bonds. The molecule has 1 nitrogen and oxygen atoms in total. The average molecular weight is 142 g/mol. The summed E-state index contributed by atoms with van der Waals surface area (Å²) in [5.74, 6) is 0.725. The lowest BCUT2D eigenvalue weighted by atomic mass is 10.0. The summed E-state index contributed by atoms with van der Waals surface area (Å²) in [4.78, 5) is 0. The Morgan fingerprint density at radius 3 is 2.70 bits per heavy atom. The van der Waals surface area contributed by atoms with E-state index in [1.54, 1.807) is 0 Å². The van der Waals surface area contributed by atoms with E-state index in [0.29, 0.717) is 0 Å². The smallest absolute Gasteiger partial charge is 0.0751 e. The highest BCUT2D eigenvalue weighted by atomic mass is 16.2. The van der Waals surface area contributed by atoms with Gasteiger partial charge in [-0.1, -0.05) is 33.1 Å². The van der Waals surface area contributed by atoms with Gasteiger partial charge >= 0.3 is 0 Å². The van der Waals surface area contributed by atoms with Gasteiger partial charge < -0.3 is 5.11 Å². The molecular formula is C9H18O. The van der Waals surface area contributed by atoms with E-state index in [2.05, 4.69) is 13.8 Å². The maximum atomic E-state index is 8.36. The Morgan fingerprint density at radius 1 is 1.50 bits per heavy atom. The molecule has 0 heterocycles. The molecule has 1 atom stereocenters. The molecule has 0 radical (unpaired) electrons. The lowest BCUT2D eigenvalue weighted by Gasteiger charge is -2.05. The van der Waals surface area contributed by atoms with Crippen molar-refractivity contribution >= 4 is 0 Å². The Hall–Kier alpha value is -0.460. The molecule has 1 N–H and O–H groups in total. The third-order valence-corrected chi connectivity index (χ3v) is 1.69. The van der Waals surface area contributed by atoms with Crippen LogP contribution in [0.25, 0.3) is 0 Å². The maximum Gasteiger partial charge on any atom is 0.0751 e. The molecule has 0 aromatic rings. The first-order valence-electron chi connectivity index (χ1n) is 4.10. The zero-order valence-electron chi connectivity index (χ0n) is 7.01. The van der Waals surface area contributed by atoms with Gasteiger partial charge in [0.2, 0.25) is 0 Å². The van der Waals surface area contributed by atoms with Crippen LogP contribution in [0, 0.1) is 5.92 Å². The average Bonchev–Trinajstić information content (AvgIpc) is 1.97. The van der Waals surface area contributed by atoms with Gasteiger partial charge in [0.25, 0.3) is 0 Å². The first-order chi connectivity index (χ1) is 4.81. The molecule has 0 rings (SSSR count). The lowest BCUT2D eigenvalue weighted by molar-refractivity contribution is 0.459. The molecule has 1 unspecified atom stereocenters. The fourth-order valence-electron chi connectivity index (χ4n) is 0.964. The standard InChI is InChI=1S/C9H18O/c1-3-4-6-9(2)7-5-8-10/h5,8-10H,3-4,6-7H2,1-2H3/b8-5+. The van der Waals surface area contributed by atoms with Gasteiger partial charge in [-0.2, -0.15) is 0 Å². The fourth-order valence-corrected chi connectivity index (χ4v) is 0.964. The minimum atomic E-state index is 0.725. The number of hydrogen-bond acceptors (Lipinski definition) is 1. The minimum absolute atomic E-state index is 0.725. The monoisotopic (exact) mass is 142 g/mol. The summed E-state index contributed by atoms with van der Waals surface area (Å²) in [6.45, 7) is 4.42. The van der Waals surface area contributed by atoms with E-state index in [1.165, 1.54) is 19.3 Å². The van der Waals surface area contributed by atoms with Gasteiger partial charge in [-0.05, 0) is 18.4 Å². The van der Waals surface area contributed by atoms with Crippen molar-refractivity contribution in [3.05, 3.63) is 12.3 Å². The molecule has 10 heavy (non-hydrogen) atoms. The Labute approximate surface area is 63.8 Å². The number of aliphatic hydroxyl groups is 1. The van der Waals surface area contributed by atoms with Gasteiger partial charge in [-0.3, -0.25) is 0 Å². The van der Waals surface area contributed by atoms with E-state index in [-0.39, 0.29) is 0 Å². The van der Waals surface area contributed by atoms with Gasteiger partial charge in [0, 0.05) is 0 Å². The molecule has 60 valence electrons. The van der Waals surface area contributed by atoms with E-state index in [9.17, 15) is 0 Å². The zero-order chi connectivity index (χ0) is 7.82. The summed E-state index contributed by atoms with van der Waals surface area (Å²) in [7, 11) is 0. The molecular weight excluding hydrogens is 124 g/mol. The van der Waals surface area contributed by atoms with Crippen molar-refractivity contribution in [3.63, 3.8) is 0 Å². The van der Waals surface area contributed by atoms with E-state index in [4.69, 9.17) is 5.11 Å². The first kappa shape index (κ1) is 9.54. The maximum absolute atomic E-state index is 8.36. The Kier molecular flexibility index (Phi) is 6.35. The van der Waals surface area contributed by atoms with Crippen LogP contribution in [0.3, 0.4) is 0 Å². The zero-order valence-corrected chi connectivity index (χ0v) is 7.01. The summed E-state index contributed by atoms with van der Waals surface area (Å²) < 4.78 is 0. The van der Waals surface area contributed by atoms with Gasteiger partial charge in [0.1, 0.15) is 0 Å². The van der Waals surface area contributed by atoms with Crippen molar-refractivity contribution in [1.82, 2.24) is 0 Å². The summed E-state index contributed by atoms with van der Waals surface area (Å²) in [6, 6.07) is 0. The van der Waals surface area contributed by atoms with E-state index < -0.39 is 0 Å². The number of aliphatic hydroxyl groups excluding tert-OH is 1. The topological polar surface area (TPSA) is 20.2 Å². The quantitative estimate of drug-likeness (QED) is 0.584. The van der Waals surface area contributed by atoms with Crippen LogP contribution in [0.1, 0.15) is 39.5 Å². The molecule has 0 aromatic heterocycles. The van der Waals surface area contributed by atoms with E-state index in [0.717, 1.165) is 18.6 Å². The van der Waals surface area contributed by atoms with Crippen LogP contribution in [0.4, 0.5) is 0 Å². The van der Waals surface area contributed by atoms with Crippen LogP contribution < -0.4 is 0 Å². The molecule has 0 spiro atoms. The van der Waals surface area contributed by atoms with Crippen LogP contribution in [0.5, 0.6) is 0 Å². The molecule has 1 heteroatoms. The Morgan fingerprint density at radius 2 is 2.20 bits per heavy atom. The van der Waals surface area contributed by atoms with Crippen molar-refractivity contribution < 1.29 is 5.11 Å². The van der Waals surface area contributed by atoms with Crippen LogP contribution in [0.2, 0.25) is 0 Å². The second-order valence-electron chi connectivity index (χ2n) is 2.87. The second kappa shape index (κ2) is 6.66. The minimum Gasteiger partial charge on any atom is -0.516 e. The predicted molar refractivity (Wildman–Crippen MR) is 45.1 cm³/mol. The first-order valence-corrected chi connectivity index (χ1v) is 4.10. The largest absolute Gasteiger partial charge is 0.516 e. The molecule has 0 bridgehead atoms. The number of hydrogen-bond donors (Lipinski definition) is 1. The molecule has 0 saturated heterocycles. The van der Waals surface area contributed by atoms with Crippen molar-refractivity contribution in [2.24, 2.45) is 5.92 Å². The number of rotatable bonds is 5. The highest BCUT2D eigenvalue weighted by Crippen LogP contribution is 2.11. The van der Waals surface area contributed by atoms with Crippen LogP contribution in [-0.4, -0.2) is 5.11 Å². The predicted octanol–water partition coefficient (Wildman–Crippen LogP) is 3.27. The van der Waals surface area contributed by atoms with Crippen molar-refractivity contribution in [3.8, 4) is 0 Å². The lowest BCUT2D eigenvalue weighted by Crippen LogP contribution is -1.91. The van der Waals surface area contributed by atoms with Gasteiger partial charge in [0.15, 0.2) is 0 Å². The third kappa shape index (κ3) is 5.67. The second-order valence-corrected chi connectivity index (χ2v) is 2.87. The summed E-state index contributed by atoms with van der Waals surface area (Å²) in [5.41, 5.74) is 0. The molecule has 0 aliphatic heterocycles. The molecule has 0 aromatic carbocycles. The van der Waals surface area contributed by atoms with Crippen molar-refractivity contribution in [2.75, 3.05) is 0 Å². The fraction of sp³-hybridized carbons (Fsp3) is 0.778. The molecule has 0 aliphatic carbocycles. The highest BCUT2D eigenvalue weighted by Gasteiger charge is 1.96. The SMILES string of the molecule is CCCCC(C)C/C=C/O. The van der Waals surface area contributed by atoms with Crippen LogP contribution in [-0.2, 0) is 0 Å². The number of allylic oxidation sites excluding steroid dienone is 1. The van der Waals surface area contributed by atoms with Crippen LogP contribution >= 0.6 is 0 Å². The van der Waals surface area contributed by atoms with E-state index in [1.807, 2.05) is 6.08 Å². The molecule has 0 fully saturated rings. The molecule has 0 saturated carbocycles. The highest BCUT2D eigenvalue weighted by molar-refractivity contribution is 4.74. The van der Waals surface area contributed by atoms with Crippen LogP contribution in [0.15, 0.2) is 12.3 Å². The summed E-state index contributed by atoms with van der Waals surface area (Å²) in [6.07, 6.45) is 7.83. The normalized spacial score (nSPS) is 14.2. The van der Waals surface area contributed by atoms with Gasteiger partial charge in [-0.25, -0.2) is 0 Å². The number of unbranched alkanes of at least 4 members (excludes halogenated alkanes) is 1. The van der Waals surface area contributed by atoms with Crippen molar-refractivity contribution in [2.45, 2.75) is 39.5 Å². The van der Waals surface area contributed by atoms with E-state index >= 15 is 0 Å². The molecule has 0 aliphatic rings. The third-order valence-electron chi connectivity index (χ3n) is 1.69. The Bertz CT molecular complexity index is 86.7. The summed E-state index contributed by atoms with van der Waals surface area (Å²) in [5, 5.41) is 8.36. The van der Waals surface area contributed by atoms with Crippen molar-refractivity contribution in [1.29, 1.82) is 0 Å². The Balaban J connectivity index is 3.16. The van der Waals surface area contributed by atoms with Gasteiger partial charge in [0.05, 0.1) is 6.26 Å². The summed E-state index contributed by atoms with van der Waals surface area (Å²) >= 11 is 0. The van der Waals surface area contributed by atoms with Gasteiger partial charge in [-0.15, -0.1) is 0 Å².